The summed E-state index contributed by atoms with van der Waals surface area (Å²) < 4.78 is 1.90. The molecule has 0 radical (unpaired) electrons. The molecule has 28 heavy (non-hydrogen) atoms. The van der Waals surface area contributed by atoms with E-state index in [1.807, 2.05) is 54.1 Å². The van der Waals surface area contributed by atoms with Gasteiger partial charge in [0, 0.05) is 35.9 Å². The average Bonchev–Trinajstić information content (AvgIpc) is 3.12. The lowest BCUT2D eigenvalue weighted by Crippen LogP contribution is -2.05. The van der Waals surface area contributed by atoms with Crippen LogP contribution in [0.2, 0.25) is 0 Å². The predicted molar refractivity (Wildman–Crippen MR) is 111 cm³/mol. The van der Waals surface area contributed by atoms with Crippen LogP contribution in [0.25, 0.3) is 10.9 Å². The minimum Gasteiger partial charge on any atom is -0.312 e. The number of aryl methyl sites for hydroxylation is 1. The lowest BCUT2D eigenvalue weighted by Gasteiger charge is -2.12. The Morgan fingerprint density at radius 1 is 1.14 bits per heavy atom. The molecule has 0 aliphatic carbocycles. The Morgan fingerprint density at radius 3 is 2.82 bits per heavy atom. The highest BCUT2D eigenvalue weighted by molar-refractivity contribution is 7.99. The van der Waals surface area contributed by atoms with Crippen molar-refractivity contribution in [3.63, 3.8) is 0 Å². The first-order chi connectivity index (χ1) is 13.6. The number of carbonyl (C=O) groups is 1. The molecule has 0 fully saturated rings. The largest absolute Gasteiger partial charge is 0.312 e. The number of thioether (sulfide) groups is 1. The zero-order valence-electron chi connectivity index (χ0n) is 15.7. The van der Waals surface area contributed by atoms with E-state index in [1.165, 1.54) is 0 Å². The highest BCUT2D eigenvalue weighted by Gasteiger charge is 2.13. The number of benzene rings is 2. The van der Waals surface area contributed by atoms with Crippen molar-refractivity contribution in [2.45, 2.75) is 23.8 Å². The minimum absolute atomic E-state index is 0.0732. The Labute approximate surface area is 167 Å². The lowest BCUT2D eigenvalue weighted by molar-refractivity contribution is 0.0993. The Morgan fingerprint density at radius 2 is 2.00 bits per heavy atom. The molecule has 0 aliphatic rings. The first-order valence-corrected chi connectivity index (χ1v) is 9.95. The second kappa shape index (κ2) is 7.94. The standard InChI is InChI=1S/C22H20N4OS/c1-15(28-22-25-24-14-26(22)2)17-8-5-6-16(10-17)11-21(27)19-12-18-7-3-4-9-20(18)23-13-19/h3-10,12-15H,11H2,1-2H3. The van der Waals surface area contributed by atoms with Gasteiger partial charge in [-0.25, -0.2) is 0 Å². The monoisotopic (exact) mass is 388 g/mol. The van der Waals surface area contributed by atoms with Crippen molar-refractivity contribution in [1.29, 1.82) is 0 Å². The van der Waals surface area contributed by atoms with Gasteiger partial charge in [0.15, 0.2) is 10.9 Å². The van der Waals surface area contributed by atoms with Gasteiger partial charge in [-0.05, 0) is 30.2 Å². The fraction of sp³-hybridized carbons (Fsp3) is 0.182. The van der Waals surface area contributed by atoms with Crippen molar-refractivity contribution < 1.29 is 4.79 Å². The summed E-state index contributed by atoms with van der Waals surface area (Å²) in [7, 11) is 1.93. The highest BCUT2D eigenvalue weighted by Crippen LogP contribution is 2.33. The number of Topliss-reactive ketones (excluding diaryl/α,β-unsaturated/α-hetero) is 1. The summed E-state index contributed by atoms with van der Waals surface area (Å²) in [5, 5.41) is 10.1. The molecule has 0 bridgehead atoms. The fourth-order valence-corrected chi connectivity index (χ4v) is 3.98. The van der Waals surface area contributed by atoms with Gasteiger partial charge in [0.25, 0.3) is 0 Å². The number of hydrogen-bond donors (Lipinski definition) is 0. The smallest absolute Gasteiger partial charge is 0.191 e. The van der Waals surface area contributed by atoms with Gasteiger partial charge in [0.05, 0.1) is 5.52 Å². The summed E-state index contributed by atoms with van der Waals surface area (Å²) in [6.45, 7) is 2.13. The highest BCUT2D eigenvalue weighted by atomic mass is 32.2. The Hall–Kier alpha value is -2.99. The van der Waals surface area contributed by atoms with Crippen LogP contribution in [0.3, 0.4) is 0 Å². The van der Waals surface area contributed by atoms with Crippen LogP contribution < -0.4 is 0 Å². The van der Waals surface area contributed by atoms with Crippen molar-refractivity contribution >= 4 is 28.4 Å². The van der Waals surface area contributed by atoms with Gasteiger partial charge in [0.2, 0.25) is 0 Å². The topological polar surface area (TPSA) is 60.7 Å². The number of nitrogens with zero attached hydrogens (tertiary/aromatic N) is 4. The van der Waals surface area contributed by atoms with E-state index in [2.05, 4.69) is 34.2 Å². The summed E-state index contributed by atoms with van der Waals surface area (Å²) >= 11 is 1.65. The number of aromatic nitrogens is 4. The number of pyridine rings is 1. The molecule has 0 spiro atoms. The predicted octanol–water partition coefficient (Wildman–Crippen LogP) is 4.64. The maximum Gasteiger partial charge on any atom is 0.191 e. The molecule has 4 rings (SSSR count). The lowest BCUT2D eigenvalue weighted by atomic mass is 10.0. The maximum absolute atomic E-state index is 12.8. The van der Waals surface area contributed by atoms with E-state index in [-0.39, 0.29) is 11.0 Å². The summed E-state index contributed by atoms with van der Waals surface area (Å²) in [5.74, 6) is 0.0732. The summed E-state index contributed by atoms with van der Waals surface area (Å²) in [6, 6.07) is 17.9. The molecular weight excluding hydrogens is 368 g/mol. The van der Waals surface area contributed by atoms with Crippen LogP contribution in [0.5, 0.6) is 0 Å². The van der Waals surface area contributed by atoms with E-state index in [4.69, 9.17) is 0 Å². The molecule has 1 unspecified atom stereocenters. The van der Waals surface area contributed by atoms with Crippen LogP contribution in [-0.4, -0.2) is 25.5 Å². The molecule has 0 aliphatic heterocycles. The quantitative estimate of drug-likeness (QED) is 0.356. The van der Waals surface area contributed by atoms with Crippen LogP contribution in [0.15, 0.2) is 72.3 Å². The van der Waals surface area contributed by atoms with Gasteiger partial charge in [-0.1, -0.05) is 54.2 Å². The van der Waals surface area contributed by atoms with Crippen LogP contribution in [0.1, 0.15) is 33.7 Å². The van der Waals surface area contributed by atoms with Gasteiger partial charge >= 0.3 is 0 Å². The number of para-hydroxylation sites is 1. The van der Waals surface area contributed by atoms with E-state index in [1.54, 1.807) is 24.3 Å². The van der Waals surface area contributed by atoms with Crippen molar-refractivity contribution in [2.75, 3.05) is 0 Å². The number of carbonyl (C=O) groups excluding carboxylic acids is 1. The fourth-order valence-electron chi connectivity index (χ4n) is 3.07. The molecule has 0 amide bonds. The van der Waals surface area contributed by atoms with E-state index in [0.717, 1.165) is 27.2 Å². The second-order valence-corrected chi connectivity index (χ2v) is 8.05. The molecular formula is C22H20N4OS. The van der Waals surface area contributed by atoms with Crippen LogP contribution in [0.4, 0.5) is 0 Å². The molecule has 5 nitrogen and oxygen atoms in total. The van der Waals surface area contributed by atoms with Gasteiger partial charge in [0.1, 0.15) is 6.33 Å². The zero-order chi connectivity index (χ0) is 19.5. The van der Waals surface area contributed by atoms with Gasteiger partial charge in [-0.15, -0.1) is 10.2 Å². The molecule has 4 aromatic rings. The van der Waals surface area contributed by atoms with Crippen LogP contribution in [-0.2, 0) is 13.5 Å². The Balaban J connectivity index is 1.50. The summed E-state index contributed by atoms with van der Waals surface area (Å²) in [5.41, 5.74) is 3.71. The molecule has 1 atom stereocenters. The number of rotatable bonds is 6. The molecule has 0 saturated heterocycles. The normalized spacial score (nSPS) is 12.2. The average molecular weight is 388 g/mol. The van der Waals surface area contributed by atoms with Crippen LogP contribution >= 0.6 is 11.8 Å². The molecule has 2 aromatic heterocycles. The third kappa shape index (κ3) is 3.97. The van der Waals surface area contributed by atoms with Crippen molar-refractivity contribution in [3.05, 3.63) is 83.8 Å². The van der Waals surface area contributed by atoms with Crippen molar-refractivity contribution in [2.24, 2.45) is 7.05 Å². The van der Waals surface area contributed by atoms with E-state index >= 15 is 0 Å². The molecule has 0 N–H and O–H groups in total. The van der Waals surface area contributed by atoms with E-state index in [9.17, 15) is 4.79 Å². The van der Waals surface area contributed by atoms with E-state index in [0.29, 0.717) is 12.0 Å². The zero-order valence-corrected chi connectivity index (χ0v) is 16.6. The Bertz CT molecular complexity index is 1140. The summed E-state index contributed by atoms with van der Waals surface area (Å²) in [4.78, 5) is 17.2. The minimum atomic E-state index is 0.0732. The SMILES string of the molecule is CC(Sc1nncn1C)c1cccc(CC(=O)c2cnc3ccccc3c2)c1. The molecule has 0 saturated carbocycles. The van der Waals surface area contributed by atoms with E-state index < -0.39 is 0 Å². The molecule has 2 aromatic carbocycles. The summed E-state index contributed by atoms with van der Waals surface area (Å²) in [6.07, 6.45) is 3.72. The number of fused-ring (bicyclic) bond motifs is 1. The third-order valence-electron chi connectivity index (χ3n) is 4.65. The number of hydrogen-bond acceptors (Lipinski definition) is 5. The van der Waals surface area contributed by atoms with Gasteiger partial charge in [-0.3, -0.25) is 9.78 Å². The van der Waals surface area contributed by atoms with Crippen molar-refractivity contribution in [3.8, 4) is 0 Å². The van der Waals surface area contributed by atoms with Gasteiger partial charge in [-0.2, -0.15) is 0 Å². The molecule has 6 heteroatoms. The first kappa shape index (κ1) is 18.4. The Kier molecular flexibility index (Phi) is 5.21. The molecule has 2 heterocycles. The van der Waals surface area contributed by atoms with Crippen molar-refractivity contribution in [1.82, 2.24) is 19.7 Å². The second-order valence-electron chi connectivity index (χ2n) is 6.75. The maximum atomic E-state index is 12.8. The third-order valence-corrected chi connectivity index (χ3v) is 5.86. The van der Waals surface area contributed by atoms with Gasteiger partial charge < -0.3 is 4.57 Å². The first-order valence-electron chi connectivity index (χ1n) is 9.07. The van der Waals surface area contributed by atoms with Crippen LogP contribution in [0, 0.1) is 0 Å². The number of ketones is 1. The molecule has 140 valence electrons.